The molecule has 1 fully saturated rings. The zero-order chi connectivity index (χ0) is 12.4. The van der Waals surface area contributed by atoms with Crippen LogP contribution in [-0.2, 0) is 17.8 Å². The molecule has 0 saturated heterocycles. The summed E-state index contributed by atoms with van der Waals surface area (Å²) in [5.74, 6) is 1.05. The van der Waals surface area contributed by atoms with Gasteiger partial charge in [0.15, 0.2) is 0 Å². The summed E-state index contributed by atoms with van der Waals surface area (Å²) in [6, 6.07) is 2.18. The Kier molecular flexibility index (Phi) is 3.69. The van der Waals surface area contributed by atoms with E-state index in [0.717, 1.165) is 25.9 Å². The molecule has 2 aliphatic rings. The molecular formula is C15H21NOS. The lowest BCUT2D eigenvalue weighted by Gasteiger charge is -2.29. The number of carbonyl (C=O) groups excluding carboxylic acids is 1. The highest BCUT2D eigenvalue weighted by atomic mass is 32.1. The van der Waals surface area contributed by atoms with Crippen LogP contribution in [0.1, 0.15) is 49.0 Å². The maximum Gasteiger partial charge on any atom is 0.223 e. The summed E-state index contributed by atoms with van der Waals surface area (Å²) in [5.41, 5.74) is 1.38. The summed E-state index contributed by atoms with van der Waals surface area (Å²) in [4.78, 5) is 15.9. The van der Waals surface area contributed by atoms with Crippen molar-refractivity contribution in [3.8, 4) is 0 Å². The third-order valence-corrected chi connectivity index (χ3v) is 5.37. The molecule has 0 bridgehead atoms. The lowest BCUT2D eigenvalue weighted by molar-refractivity contribution is -0.133. The second kappa shape index (κ2) is 5.43. The lowest BCUT2D eigenvalue weighted by atomic mass is 9.86. The smallest absolute Gasteiger partial charge is 0.223 e. The minimum absolute atomic E-state index is 0.388. The van der Waals surface area contributed by atoms with Gasteiger partial charge in [-0.05, 0) is 42.2 Å². The van der Waals surface area contributed by atoms with E-state index >= 15 is 0 Å². The molecule has 98 valence electrons. The van der Waals surface area contributed by atoms with Gasteiger partial charge in [-0.25, -0.2) is 0 Å². The number of rotatable bonds is 2. The van der Waals surface area contributed by atoms with Crippen LogP contribution >= 0.6 is 11.3 Å². The fraction of sp³-hybridized carbons (Fsp3) is 0.667. The number of nitrogens with zero attached hydrogens (tertiary/aromatic N) is 1. The van der Waals surface area contributed by atoms with Crippen LogP contribution in [0, 0.1) is 5.92 Å². The van der Waals surface area contributed by atoms with Crippen molar-refractivity contribution in [2.45, 2.75) is 51.5 Å². The number of hydrogen-bond donors (Lipinski definition) is 0. The van der Waals surface area contributed by atoms with Crippen molar-refractivity contribution in [2.24, 2.45) is 5.92 Å². The molecule has 2 heterocycles. The molecule has 1 aromatic rings. The second-order valence-corrected chi connectivity index (χ2v) is 6.64. The van der Waals surface area contributed by atoms with E-state index in [9.17, 15) is 4.79 Å². The minimum Gasteiger partial charge on any atom is -0.338 e. The molecular weight excluding hydrogens is 242 g/mol. The average molecular weight is 263 g/mol. The molecule has 1 aliphatic carbocycles. The van der Waals surface area contributed by atoms with Gasteiger partial charge in [-0.2, -0.15) is 0 Å². The van der Waals surface area contributed by atoms with Gasteiger partial charge in [0.2, 0.25) is 5.91 Å². The minimum atomic E-state index is 0.388. The molecule has 0 aromatic carbocycles. The van der Waals surface area contributed by atoms with Gasteiger partial charge < -0.3 is 4.90 Å². The Balaban J connectivity index is 1.57. The SMILES string of the molecule is O=C(CC1CCCCC1)N1CCc2sccc2C1. The van der Waals surface area contributed by atoms with Crippen molar-refractivity contribution in [1.82, 2.24) is 4.90 Å². The van der Waals surface area contributed by atoms with Gasteiger partial charge in [0.25, 0.3) is 0 Å². The molecule has 2 nitrogen and oxygen atoms in total. The fourth-order valence-electron chi connectivity index (χ4n) is 3.23. The van der Waals surface area contributed by atoms with Gasteiger partial charge in [-0.1, -0.05) is 19.3 Å². The Bertz CT molecular complexity index is 420. The van der Waals surface area contributed by atoms with E-state index in [-0.39, 0.29) is 0 Å². The number of carbonyl (C=O) groups is 1. The predicted molar refractivity (Wildman–Crippen MR) is 74.6 cm³/mol. The first-order chi connectivity index (χ1) is 8.83. The Labute approximate surface area is 113 Å². The third kappa shape index (κ3) is 2.61. The van der Waals surface area contributed by atoms with Crippen molar-refractivity contribution >= 4 is 17.2 Å². The summed E-state index contributed by atoms with van der Waals surface area (Å²) < 4.78 is 0. The topological polar surface area (TPSA) is 20.3 Å². The van der Waals surface area contributed by atoms with Gasteiger partial charge in [-0.3, -0.25) is 4.79 Å². The lowest BCUT2D eigenvalue weighted by Crippen LogP contribution is -2.36. The van der Waals surface area contributed by atoms with Crippen LogP contribution in [0.15, 0.2) is 11.4 Å². The summed E-state index contributed by atoms with van der Waals surface area (Å²) in [5, 5.41) is 2.15. The van der Waals surface area contributed by atoms with Crippen LogP contribution in [0.25, 0.3) is 0 Å². The van der Waals surface area contributed by atoms with Crippen molar-refractivity contribution in [1.29, 1.82) is 0 Å². The van der Waals surface area contributed by atoms with Gasteiger partial charge in [0.1, 0.15) is 0 Å². The summed E-state index contributed by atoms with van der Waals surface area (Å²) in [6.45, 7) is 1.78. The number of fused-ring (bicyclic) bond motifs is 1. The van der Waals surface area contributed by atoms with Crippen LogP contribution < -0.4 is 0 Å². The van der Waals surface area contributed by atoms with E-state index in [1.54, 1.807) is 0 Å². The van der Waals surface area contributed by atoms with Gasteiger partial charge in [0.05, 0.1) is 0 Å². The highest BCUT2D eigenvalue weighted by molar-refractivity contribution is 7.10. The van der Waals surface area contributed by atoms with Crippen LogP contribution in [0.4, 0.5) is 0 Å². The molecule has 0 spiro atoms. The molecule has 0 atom stereocenters. The predicted octanol–water partition coefficient (Wildman–Crippen LogP) is 3.60. The average Bonchev–Trinajstić information content (AvgIpc) is 2.87. The number of thiophene rings is 1. The molecule has 0 radical (unpaired) electrons. The third-order valence-electron chi connectivity index (χ3n) is 4.35. The quantitative estimate of drug-likeness (QED) is 0.798. The zero-order valence-corrected chi connectivity index (χ0v) is 11.7. The van der Waals surface area contributed by atoms with Crippen LogP contribution in [-0.4, -0.2) is 17.4 Å². The van der Waals surface area contributed by atoms with E-state index in [0.29, 0.717) is 11.8 Å². The molecule has 3 heteroatoms. The molecule has 18 heavy (non-hydrogen) atoms. The van der Waals surface area contributed by atoms with Crippen LogP contribution in [0.2, 0.25) is 0 Å². The highest BCUT2D eigenvalue weighted by Gasteiger charge is 2.24. The first-order valence-corrected chi connectivity index (χ1v) is 8.04. The van der Waals surface area contributed by atoms with E-state index in [4.69, 9.17) is 0 Å². The Hall–Kier alpha value is -0.830. The Morgan fingerprint density at radius 2 is 2.17 bits per heavy atom. The molecule has 3 rings (SSSR count). The molecule has 0 N–H and O–H groups in total. The maximum atomic E-state index is 12.3. The molecule has 1 saturated carbocycles. The molecule has 1 aliphatic heterocycles. The van der Waals surface area contributed by atoms with Crippen molar-refractivity contribution < 1.29 is 4.79 Å². The standard InChI is InChI=1S/C15H21NOS/c17-15(10-12-4-2-1-3-5-12)16-8-6-14-13(11-16)7-9-18-14/h7,9,12H,1-6,8,10-11H2. The second-order valence-electron chi connectivity index (χ2n) is 5.64. The highest BCUT2D eigenvalue weighted by Crippen LogP contribution is 2.29. The Morgan fingerprint density at radius 3 is 3.00 bits per heavy atom. The van der Waals surface area contributed by atoms with Crippen molar-refractivity contribution in [2.75, 3.05) is 6.54 Å². The normalized spacial score (nSPS) is 20.8. The van der Waals surface area contributed by atoms with E-state index in [1.165, 1.54) is 42.5 Å². The van der Waals surface area contributed by atoms with Gasteiger partial charge in [0, 0.05) is 24.4 Å². The first-order valence-electron chi connectivity index (χ1n) is 7.16. The van der Waals surface area contributed by atoms with Crippen LogP contribution in [0.3, 0.4) is 0 Å². The fourth-order valence-corrected chi connectivity index (χ4v) is 4.12. The first kappa shape index (κ1) is 12.2. The van der Waals surface area contributed by atoms with E-state index < -0.39 is 0 Å². The molecule has 1 amide bonds. The zero-order valence-electron chi connectivity index (χ0n) is 10.9. The Morgan fingerprint density at radius 1 is 1.33 bits per heavy atom. The van der Waals surface area contributed by atoms with Gasteiger partial charge in [-0.15, -0.1) is 11.3 Å². The summed E-state index contributed by atoms with van der Waals surface area (Å²) in [6.07, 6.45) is 8.40. The van der Waals surface area contributed by atoms with Crippen molar-refractivity contribution in [3.63, 3.8) is 0 Å². The van der Waals surface area contributed by atoms with Gasteiger partial charge >= 0.3 is 0 Å². The largest absolute Gasteiger partial charge is 0.338 e. The number of amides is 1. The van der Waals surface area contributed by atoms with Crippen molar-refractivity contribution in [3.05, 3.63) is 21.9 Å². The maximum absolute atomic E-state index is 12.3. The van der Waals surface area contributed by atoms with E-state index in [1.807, 2.05) is 11.3 Å². The number of hydrogen-bond acceptors (Lipinski definition) is 2. The summed E-state index contributed by atoms with van der Waals surface area (Å²) >= 11 is 1.84. The molecule has 1 aromatic heterocycles. The monoisotopic (exact) mass is 263 g/mol. The molecule has 0 unspecified atom stereocenters. The summed E-state index contributed by atoms with van der Waals surface area (Å²) in [7, 11) is 0. The van der Waals surface area contributed by atoms with E-state index in [2.05, 4.69) is 16.3 Å². The van der Waals surface area contributed by atoms with Crippen LogP contribution in [0.5, 0.6) is 0 Å².